The molecule has 0 aromatic heterocycles. The van der Waals surface area contributed by atoms with Crippen molar-refractivity contribution < 1.29 is 0 Å². The highest BCUT2D eigenvalue weighted by Crippen LogP contribution is 2.06. The summed E-state index contributed by atoms with van der Waals surface area (Å²) in [5.74, 6) is 0.744. The van der Waals surface area contributed by atoms with Crippen molar-refractivity contribution in [2.75, 3.05) is 6.54 Å². The lowest BCUT2D eigenvalue weighted by molar-refractivity contribution is 0.622. The van der Waals surface area contributed by atoms with Crippen molar-refractivity contribution >= 4 is 6.21 Å². The first-order valence-electron chi connectivity index (χ1n) is 2.89. The largest absolute Gasteiger partial charge is 0.297 e. The highest BCUT2D eigenvalue weighted by molar-refractivity contribution is 5.60. The van der Waals surface area contributed by atoms with E-state index in [1.165, 1.54) is 12.8 Å². The topological polar surface area (TPSA) is 12.4 Å². The average molecular weight is 97.2 g/mol. The van der Waals surface area contributed by atoms with Gasteiger partial charge in [0.05, 0.1) is 0 Å². The van der Waals surface area contributed by atoms with Gasteiger partial charge in [-0.05, 0) is 18.8 Å². The van der Waals surface area contributed by atoms with Gasteiger partial charge in [0.15, 0.2) is 0 Å². The van der Waals surface area contributed by atoms with Crippen LogP contribution in [0.4, 0.5) is 0 Å². The van der Waals surface area contributed by atoms with Crippen molar-refractivity contribution in [3.63, 3.8) is 0 Å². The molecule has 1 unspecified atom stereocenters. The van der Waals surface area contributed by atoms with Crippen molar-refractivity contribution in [3.8, 4) is 0 Å². The van der Waals surface area contributed by atoms with Gasteiger partial charge in [-0.1, -0.05) is 6.92 Å². The zero-order valence-electron chi connectivity index (χ0n) is 4.72. The van der Waals surface area contributed by atoms with Crippen LogP contribution in [0.15, 0.2) is 4.99 Å². The Hall–Kier alpha value is -0.330. The van der Waals surface area contributed by atoms with Crippen molar-refractivity contribution in [1.82, 2.24) is 0 Å². The third-order valence-electron chi connectivity index (χ3n) is 1.31. The van der Waals surface area contributed by atoms with E-state index >= 15 is 0 Å². The molecule has 0 radical (unpaired) electrons. The van der Waals surface area contributed by atoms with Gasteiger partial charge in [-0.2, -0.15) is 0 Å². The van der Waals surface area contributed by atoms with Gasteiger partial charge >= 0.3 is 0 Å². The monoisotopic (exact) mass is 97.1 g/mol. The third kappa shape index (κ3) is 1.30. The maximum Gasteiger partial charge on any atom is 0.0385 e. The van der Waals surface area contributed by atoms with Gasteiger partial charge in [0.1, 0.15) is 0 Å². The van der Waals surface area contributed by atoms with E-state index in [9.17, 15) is 0 Å². The molecule has 0 N–H and O–H groups in total. The molecule has 1 nitrogen and oxygen atoms in total. The van der Waals surface area contributed by atoms with Crippen LogP contribution in [-0.2, 0) is 0 Å². The van der Waals surface area contributed by atoms with E-state index in [1.54, 1.807) is 0 Å². The van der Waals surface area contributed by atoms with Crippen LogP contribution in [0.25, 0.3) is 0 Å². The summed E-state index contributed by atoms with van der Waals surface area (Å²) in [5.41, 5.74) is 0. The summed E-state index contributed by atoms with van der Waals surface area (Å²) >= 11 is 0. The summed E-state index contributed by atoms with van der Waals surface area (Å²) in [4.78, 5) is 4.13. The quantitative estimate of drug-likeness (QED) is 0.434. The Kier molecular flexibility index (Phi) is 1.45. The summed E-state index contributed by atoms with van der Waals surface area (Å²) in [6, 6.07) is 0. The van der Waals surface area contributed by atoms with Gasteiger partial charge in [-0.3, -0.25) is 4.99 Å². The molecular formula is C6H11N. The summed E-state index contributed by atoms with van der Waals surface area (Å²) in [5, 5.41) is 0. The molecule has 0 bridgehead atoms. The van der Waals surface area contributed by atoms with Crippen LogP contribution in [0.5, 0.6) is 0 Å². The minimum Gasteiger partial charge on any atom is -0.297 e. The molecule has 0 saturated carbocycles. The molecule has 7 heavy (non-hydrogen) atoms. The average Bonchev–Trinajstić information content (AvgIpc) is 1.69. The minimum atomic E-state index is 0.744. The van der Waals surface area contributed by atoms with Gasteiger partial charge in [0.25, 0.3) is 0 Å². The molecule has 0 saturated heterocycles. The zero-order chi connectivity index (χ0) is 5.11. The summed E-state index contributed by atoms with van der Waals surface area (Å²) in [7, 11) is 0. The Balaban J connectivity index is 2.36. The molecule has 40 valence electrons. The molecule has 0 amide bonds. The summed E-state index contributed by atoms with van der Waals surface area (Å²) in [6.07, 6.45) is 4.69. The smallest absolute Gasteiger partial charge is 0.0385 e. The first-order chi connectivity index (χ1) is 3.39. The molecule has 1 aliphatic heterocycles. The van der Waals surface area contributed by atoms with Crippen LogP contribution in [0, 0.1) is 5.92 Å². The molecule has 0 aliphatic carbocycles. The lowest BCUT2D eigenvalue weighted by Gasteiger charge is -2.07. The third-order valence-corrected chi connectivity index (χ3v) is 1.31. The van der Waals surface area contributed by atoms with E-state index in [1.807, 2.05) is 0 Å². The van der Waals surface area contributed by atoms with Crippen molar-refractivity contribution in [1.29, 1.82) is 0 Å². The molecule has 1 rings (SSSR count). The number of rotatable bonds is 0. The lowest BCUT2D eigenvalue weighted by Crippen LogP contribution is -2.02. The van der Waals surface area contributed by atoms with E-state index in [4.69, 9.17) is 0 Å². The fourth-order valence-corrected chi connectivity index (χ4v) is 0.834. The SMILES string of the molecule is CC1C=NCCC1. The Morgan fingerprint density at radius 3 is 2.86 bits per heavy atom. The van der Waals surface area contributed by atoms with E-state index in [0.29, 0.717) is 0 Å². The predicted molar refractivity (Wildman–Crippen MR) is 31.8 cm³/mol. The van der Waals surface area contributed by atoms with Gasteiger partial charge in [-0.15, -0.1) is 0 Å². The predicted octanol–water partition coefficient (Wildman–Crippen LogP) is 1.49. The number of aliphatic imine (C=N–C) groups is 1. The molecule has 0 aromatic rings. The van der Waals surface area contributed by atoms with E-state index in [-0.39, 0.29) is 0 Å². The number of hydrogen-bond acceptors (Lipinski definition) is 1. The standard InChI is InChI=1S/C6H11N/c1-6-3-2-4-7-5-6/h5-6H,2-4H2,1H3. The second kappa shape index (κ2) is 2.10. The van der Waals surface area contributed by atoms with Crippen LogP contribution < -0.4 is 0 Å². The first-order valence-corrected chi connectivity index (χ1v) is 2.89. The van der Waals surface area contributed by atoms with Crippen LogP contribution in [0.2, 0.25) is 0 Å². The second-order valence-corrected chi connectivity index (χ2v) is 2.17. The highest BCUT2D eigenvalue weighted by atomic mass is 14.7. The van der Waals surface area contributed by atoms with Crippen LogP contribution >= 0.6 is 0 Å². The zero-order valence-corrected chi connectivity index (χ0v) is 4.72. The molecule has 1 atom stereocenters. The molecular weight excluding hydrogens is 86.1 g/mol. The summed E-state index contributed by atoms with van der Waals surface area (Å²) < 4.78 is 0. The second-order valence-electron chi connectivity index (χ2n) is 2.17. The fourth-order valence-electron chi connectivity index (χ4n) is 0.834. The van der Waals surface area contributed by atoms with Crippen molar-refractivity contribution in [2.24, 2.45) is 10.9 Å². The molecule has 0 aromatic carbocycles. The van der Waals surface area contributed by atoms with Crippen molar-refractivity contribution in [3.05, 3.63) is 0 Å². The lowest BCUT2D eigenvalue weighted by atomic mass is 10.1. The molecule has 0 spiro atoms. The Morgan fingerprint density at radius 1 is 1.71 bits per heavy atom. The van der Waals surface area contributed by atoms with Gasteiger partial charge in [-0.25, -0.2) is 0 Å². The van der Waals surface area contributed by atoms with Gasteiger partial charge < -0.3 is 0 Å². The van der Waals surface area contributed by atoms with Crippen LogP contribution in [0.3, 0.4) is 0 Å². The molecule has 1 aliphatic rings. The Labute approximate surface area is 44.5 Å². The van der Waals surface area contributed by atoms with E-state index < -0.39 is 0 Å². The maximum atomic E-state index is 4.13. The normalized spacial score (nSPS) is 30.7. The fraction of sp³-hybridized carbons (Fsp3) is 0.833. The molecule has 0 fully saturated rings. The van der Waals surface area contributed by atoms with Gasteiger partial charge in [0, 0.05) is 12.8 Å². The van der Waals surface area contributed by atoms with E-state index in [0.717, 1.165) is 12.5 Å². The van der Waals surface area contributed by atoms with E-state index in [2.05, 4.69) is 18.1 Å². The number of hydrogen-bond donors (Lipinski definition) is 0. The minimum absolute atomic E-state index is 0.744. The molecule has 1 heteroatoms. The Morgan fingerprint density at radius 2 is 2.57 bits per heavy atom. The number of nitrogens with zero attached hydrogens (tertiary/aromatic N) is 1. The molecule has 1 heterocycles. The Bertz CT molecular complexity index is 76.2. The maximum absolute atomic E-state index is 4.13. The van der Waals surface area contributed by atoms with Gasteiger partial charge in [0.2, 0.25) is 0 Å². The first kappa shape index (κ1) is 4.82. The summed E-state index contributed by atoms with van der Waals surface area (Å²) in [6.45, 7) is 3.27. The van der Waals surface area contributed by atoms with Crippen molar-refractivity contribution in [2.45, 2.75) is 19.8 Å². The van der Waals surface area contributed by atoms with Crippen LogP contribution in [0.1, 0.15) is 19.8 Å². The van der Waals surface area contributed by atoms with Crippen LogP contribution in [-0.4, -0.2) is 12.8 Å². The highest BCUT2D eigenvalue weighted by Gasteiger charge is 2.00.